The molecule has 0 aliphatic heterocycles. The fourth-order valence-corrected chi connectivity index (χ4v) is 4.18. The first-order valence-corrected chi connectivity index (χ1v) is 8.85. The van der Waals surface area contributed by atoms with E-state index >= 15 is 0 Å². The Morgan fingerprint density at radius 3 is 2.74 bits per heavy atom. The Labute approximate surface area is 139 Å². The minimum Gasteiger partial charge on any atom is -0.310 e. The number of likely N-dealkylation sites (N-methyl/N-ethyl adjacent to an activating group) is 1. The summed E-state index contributed by atoms with van der Waals surface area (Å²) < 4.78 is 2.24. The van der Waals surface area contributed by atoms with E-state index in [1.165, 1.54) is 10.4 Å². The fourth-order valence-electron chi connectivity index (χ4n) is 1.98. The van der Waals surface area contributed by atoms with Crippen LogP contribution in [-0.2, 0) is 6.42 Å². The third-order valence-electron chi connectivity index (χ3n) is 2.81. The highest BCUT2D eigenvalue weighted by atomic mass is 79.9. The predicted molar refractivity (Wildman–Crippen MR) is 91.3 cm³/mol. The lowest BCUT2D eigenvalue weighted by Crippen LogP contribution is -2.23. The Kier molecular flexibility index (Phi) is 5.90. The Bertz CT molecular complexity index is 556. The van der Waals surface area contributed by atoms with Gasteiger partial charge in [-0.05, 0) is 52.3 Å². The molecule has 102 valence electrons. The van der Waals surface area contributed by atoms with Crippen LogP contribution in [0.3, 0.4) is 0 Å². The SMILES string of the molecule is CCNC(Cc1cc(Br)cs1)c1cc(Cl)ccc1Br. The molecule has 1 N–H and O–H groups in total. The number of benzene rings is 1. The van der Waals surface area contributed by atoms with Gasteiger partial charge in [-0.3, -0.25) is 0 Å². The number of rotatable bonds is 5. The van der Waals surface area contributed by atoms with Gasteiger partial charge in [0.1, 0.15) is 0 Å². The van der Waals surface area contributed by atoms with Gasteiger partial charge in [-0.1, -0.05) is 34.5 Å². The summed E-state index contributed by atoms with van der Waals surface area (Å²) in [6.45, 7) is 3.05. The van der Waals surface area contributed by atoms with Crippen LogP contribution in [0.1, 0.15) is 23.4 Å². The third-order valence-corrected chi connectivity index (χ3v) is 5.49. The molecule has 0 amide bonds. The molecular weight excluding hydrogens is 409 g/mol. The molecule has 0 radical (unpaired) electrons. The van der Waals surface area contributed by atoms with E-state index in [-0.39, 0.29) is 6.04 Å². The van der Waals surface area contributed by atoms with Crippen molar-refractivity contribution in [2.24, 2.45) is 0 Å². The fraction of sp³-hybridized carbons (Fsp3) is 0.286. The van der Waals surface area contributed by atoms with Crippen molar-refractivity contribution in [3.8, 4) is 0 Å². The van der Waals surface area contributed by atoms with Gasteiger partial charge >= 0.3 is 0 Å². The smallest absolute Gasteiger partial charge is 0.0410 e. The van der Waals surface area contributed by atoms with E-state index in [0.29, 0.717) is 0 Å². The van der Waals surface area contributed by atoms with E-state index in [2.05, 4.69) is 55.5 Å². The largest absolute Gasteiger partial charge is 0.310 e. The second-order valence-electron chi connectivity index (χ2n) is 4.21. The first kappa shape index (κ1) is 15.5. The van der Waals surface area contributed by atoms with Crippen molar-refractivity contribution in [1.29, 1.82) is 0 Å². The number of halogens is 3. The molecular formula is C14H14Br2ClNS. The Morgan fingerprint density at radius 2 is 2.11 bits per heavy atom. The van der Waals surface area contributed by atoms with Gasteiger partial charge in [-0.25, -0.2) is 0 Å². The number of hydrogen-bond acceptors (Lipinski definition) is 2. The average Bonchev–Trinajstić information content (AvgIpc) is 2.77. The van der Waals surface area contributed by atoms with Gasteiger partial charge in [-0.15, -0.1) is 11.3 Å². The molecule has 0 bridgehead atoms. The molecule has 0 spiro atoms. The predicted octanol–water partition coefficient (Wildman–Crippen LogP) is 5.82. The van der Waals surface area contributed by atoms with E-state index in [1.54, 1.807) is 11.3 Å². The van der Waals surface area contributed by atoms with Crippen LogP contribution < -0.4 is 5.32 Å². The van der Waals surface area contributed by atoms with Crippen LogP contribution in [0, 0.1) is 0 Å². The topological polar surface area (TPSA) is 12.0 Å². The van der Waals surface area contributed by atoms with Crippen LogP contribution in [0.25, 0.3) is 0 Å². The summed E-state index contributed by atoms with van der Waals surface area (Å²) >= 11 is 15.0. The quantitative estimate of drug-likeness (QED) is 0.639. The van der Waals surface area contributed by atoms with Gasteiger partial charge in [0, 0.05) is 36.7 Å². The molecule has 5 heteroatoms. The van der Waals surface area contributed by atoms with Crippen LogP contribution in [0.2, 0.25) is 5.02 Å². The summed E-state index contributed by atoms with van der Waals surface area (Å²) in [5.41, 5.74) is 1.21. The molecule has 0 saturated carbocycles. The molecule has 1 atom stereocenters. The van der Waals surface area contributed by atoms with Crippen LogP contribution in [-0.4, -0.2) is 6.54 Å². The third kappa shape index (κ3) is 4.30. The summed E-state index contributed by atoms with van der Waals surface area (Å²) in [6.07, 6.45) is 0.961. The van der Waals surface area contributed by atoms with Gasteiger partial charge in [0.05, 0.1) is 0 Å². The highest BCUT2D eigenvalue weighted by Gasteiger charge is 2.15. The summed E-state index contributed by atoms with van der Waals surface area (Å²) in [4.78, 5) is 1.35. The number of thiophene rings is 1. The van der Waals surface area contributed by atoms with E-state index in [4.69, 9.17) is 11.6 Å². The zero-order valence-corrected chi connectivity index (χ0v) is 15.2. The maximum Gasteiger partial charge on any atom is 0.0410 e. The first-order valence-electron chi connectivity index (χ1n) is 6.01. The monoisotopic (exact) mass is 421 g/mol. The van der Waals surface area contributed by atoms with Crippen molar-refractivity contribution in [2.45, 2.75) is 19.4 Å². The lowest BCUT2D eigenvalue weighted by Gasteiger charge is -2.19. The van der Waals surface area contributed by atoms with E-state index in [9.17, 15) is 0 Å². The van der Waals surface area contributed by atoms with E-state index in [0.717, 1.165) is 26.9 Å². The molecule has 1 aromatic carbocycles. The highest BCUT2D eigenvalue weighted by molar-refractivity contribution is 9.10. The van der Waals surface area contributed by atoms with Crippen molar-refractivity contribution >= 4 is 54.8 Å². The summed E-state index contributed by atoms with van der Waals surface area (Å²) in [6, 6.07) is 8.38. The second-order valence-corrected chi connectivity index (χ2v) is 7.41. The van der Waals surface area contributed by atoms with Crippen LogP contribution in [0.15, 0.2) is 38.6 Å². The summed E-state index contributed by atoms with van der Waals surface area (Å²) in [5, 5.41) is 6.42. The van der Waals surface area contributed by atoms with E-state index in [1.807, 2.05) is 18.2 Å². The Balaban J connectivity index is 2.26. The average molecular weight is 424 g/mol. The van der Waals surface area contributed by atoms with Gasteiger partial charge in [-0.2, -0.15) is 0 Å². The molecule has 1 unspecified atom stereocenters. The molecule has 0 fully saturated rings. The zero-order valence-electron chi connectivity index (χ0n) is 10.4. The molecule has 0 saturated heterocycles. The van der Waals surface area contributed by atoms with E-state index < -0.39 is 0 Å². The molecule has 1 nitrogen and oxygen atoms in total. The molecule has 1 aromatic heterocycles. The van der Waals surface area contributed by atoms with Crippen LogP contribution in [0.4, 0.5) is 0 Å². The van der Waals surface area contributed by atoms with Crippen LogP contribution in [0.5, 0.6) is 0 Å². The summed E-state index contributed by atoms with van der Waals surface area (Å²) in [5.74, 6) is 0. The lowest BCUT2D eigenvalue weighted by molar-refractivity contribution is 0.551. The number of nitrogens with one attached hydrogen (secondary N) is 1. The van der Waals surface area contributed by atoms with Gasteiger partial charge in [0.2, 0.25) is 0 Å². The first-order chi connectivity index (χ1) is 9.10. The normalized spacial score (nSPS) is 12.6. The molecule has 0 aliphatic rings. The Morgan fingerprint density at radius 1 is 1.32 bits per heavy atom. The second kappa shape index (κ2) is 7.23. The maximum absolute atomic E-state index is 6.11. The standard InChI is InChI=1S/C14H14Br2ClNS/c1-2-18-14(7-11-5-9(15)8-19-11)12-6-10(17)3-4-13(12)16/h3-6,8,14,18H,2,7H2,1H3. The zero-order chi connectivity index (χ0) is 13.8. The minimum absolute atomic E-state index is 0.267. The minimum atomic E-state index is 0.267. The number of hydrogen-bond donors (Lipinski definition) is 1. The molecule has 19 heavy (non-hydrogen) atoms. The van der Waals surface area contributed by atoms with Crippen molar-refractivity contribution in [3.63, 3.8) is 0 Å². The van der Waals surface area contributed by atoms with Gasteiger partial charge in [0.25, 0.3) is 0 Å². The van der Waals surface area contributed by atoms with Crippen molar-refractivity contribution in [2.75, 3.05) is 6.54 Å². The van der Waals surface area contributed by atoms with Crippen molar-refractivity contribution < 1.29 is 0 Å². The highest BCUT2D eigenvalue weighted by Crippen LogP contribution is 2.31. The van der Waals surface area contributed by atoms with Crippen LogP contribution >= 0.6 is 54.8 Å². The molecule has 0 aliphatic carbocycles. The van der Waals surface area contributed by atoms with Gasteiger partial charge in [0.15, 0.2) is 0 Å². The van der Waals surface area contributed by atoms with Crippen molar-refractivity contribution in [3.05, 3.63) is 54.1 Å². The molecule has 2 rings (SSSR count). The maximum atomic E-state index is 6.11. The Hall–Kier alpha value is 0.130. The molecule has 1 heterocycles. The molecule has 2 aromatic rings. The van der Waals surface area contributed by atoms with Gasteiger partial charge < -0.3 is 5.32 Å². The lowest BCUT2D eigenvalue weighted by atomic mass is 10.0. The summed E-state index contributed by atoms with van der Waals surface area (Å²) in [7, 11) is 0. The van der Waals surface area contributed by atoms with Crippen molar-refractivity contribution in [1.82, 2.24) is 5.32 Å².